The molecule has 2 aromatic heterocycles. The van der Waals surface area contributed by atoms with E-state index in [1.54, 1.807) is 0 Å². The molecule has 0 N–H and O–H groups in total. The zero-order valence-corrected chi connectivity index (χ0v) is 16.6. The van der Waals surface area contributed by atoms with Gasteiger partial charge < -0.3 is 0 Å². The van der Waals surface area contributed by atoms with Gasteiger partial charge in [-0.1, -0.05) is 13.8 Å². The van der Waals surface area contributed by atoms with E-state index in [4.69, 9.17) is 0 Å². The van der Waals surface area contributed by atoms with E-state index in [0.29, 0.717) is 5.92 Å². The minimum Gasteiger partial charge on any atom is -0.297 e. The molecule has 0 spiro atoms. The van der Waals surface area contributed by atoms with Crippen molar-refractivity contribution >= 4 is 0 Å². The number of hydrogen-bond acceptors (Lipinski definition) is 6. The first-order chi connectivity index (χ1) is 12.4. The molecule has 3 heterocycles. The summed E-state index contributed by atoms with van der Waals surface area (Å²) in [5.74, 6) is 1.43. The van der Waals surface area contributed by atoms with Crippen LogP contribution in [0, 0.1) is 5.92 Å². The van der Waals surface area contributed by atoms with Crippen LogP contribution < -0.4 is 0 Å². The molecule has 0 radical (unpaired) electrons. The van der Waals surface area contributed by atoms with Crippen molar-refractivity contribution in [2.24, 2.45) is 5.92 Å². The summed E-state index contributed by atoms with van der Waals surface area (Å²) in [7, 11) is 0. The minimum absolute atomic E-state index is 0.116. The third kappa shape index (κ3) is 4.27. The predicted octanol–water partition coefficient (Wildman–Crippen LogP) is 2.34. The lowest BCUT2D eigenvalue weighted by molar-refractivity contribution is 0.0638. The molecule has 0 saturated carbocycles. The van der Waals surface area contributed by atoms with Crippen LogP contribution in [0.3, 0.4) is 0 Å². The highest BCUT2D eigenvalue weighted by Gasteiger charge is 2.33. The zero-order chi connectivity index (χ0) is 18.7. The lowest BCUT2D eigenvalue weighted by Gasteiger charge is -2.40. The van der Waals surface area contributed by atoms with Crippen molar-refractivity contribution in [1.82, 2.24) is 35.0 Å². The van der Waals surface area contributed by atoms with Gasteiger partial charge in [0.05, 0.1) is 11.6 Å². The molecule has 1 aliphatic heterocycles. The van der Waals surface area contributed by atoms with Gasteiger partial charge in [0, 0.05) is 45.1 Å². The number of piperazine rings is 1. The van der Waals surface area contributed by atoms with Crippen molar-refractivity contribution in [3.8, 4) is 0 Å². The molecule has 1 atom stereocenters. The van der Waals surface area contributed by atoms with Crippen molar-refractivity contribution in [3.63, 3.8) is 0 Å². The number of rotatable bonds is 5. The number of nitrogens with zero attached hydrogens (tertiary/aromatic N) is 7. The van der Waals surface area contributed by atoms with Gasteiger partial charge in [-0.15, -0.1) is 5.10 Å². The van der Waals surface area contributed by atoms with Gasteiger partial charge in [0.2, 0.25) is 0 Å². The van der Waals surface area contributed by atoms with Gasteiger partial charge in [-0.25, -0.2) is 4.68 Å². The van der Waals surface area contributed by atoms with Gasteiger partial charge in [-0.3, -0.25) is 14.8 Å². The van der Waals surface area contributed by atoms with Crippen LogP contribution in [0.5, 0.6) is 0 Å². The molecule has 1 saturated heterocycles. The summed E-state index contributed by atoms with van der Waals surface area (Å²) in [4.78, 5) is 9.15. The number of pyridine rings is 1. The Morgan fingerprint density at radius 2 is 1.69 bits per heavy atom. The monoisotopic (exact) mass is 357 g/mol. The second-order valence-corrected chi connectivity index (χ2v) is 8.48. The normalized spacial score (nSPS) is 18.4. The van der Waals surface area contributed by atoms with Crippen molar-refractivity contribution < 1.29 is 0 Å². The highest BCUT2D eigenvalue weighted by Crippen LogP contribution is 2.30. The molecule has 0 amide bonds. The summed E-state index contributed by atoms with van der Waals surface area (Å²) in [6, 6.07) is 4.44. The fourth-order valence-corrected chi connectivity index (χ4v) is 3.69. The maximum atomic E-state index is 4.41. The van der Waals surface area contributed by atoms with Gasteiger partial charge in [0.25, 0.3) is 0 Å². The molecule has 0 aromatic carbocycles. The number of hydrogen-bond donors (Lipinski definition) is 0. The fourth-order valence-electron chi connectivity index (χ4n) is 3.69. The third-order valence-electron chi connectivity index (χ3n) is 4.98. The van der Waals surface area contributed by atoms with E-state index in [9.17, 15) is 0 Å². The maximum Gasteiger partial charge on any atom is 0.169 e. The molecule has 1 fully saturated rings. The van der Waals surface area contributed by atoms with Crippen LogP contribution in [0.4, 0.5) is 0 Å². The lowest BCUT2D eigenvalue weighted by Crippen LogP contribution is -2.49. The van der Waals surface area contributed by atoms with Gasteiger partial charge in [0.1, 0.15) is 0 Å². The molecule has 26 heavy (non-hydrogen) atoms. The molecule has 142 valence electrons. The summed E-state index contributed by atoms with van der Waals surface area (Å²) < 4.78 is 1.99. The summed E-state index contributed by atoms with van der Waals surface area (Å²) in [6.07, 6.45) is 3.74. The average molecular weight is 358 g/mol. The minimum atomic E-state index is -0.116. The molecule has 3 rings (SSSR count). The van der Waals surface area contributed by atoms with Crippen LogP contribution in [0.2, 0.25) is 0 Å². The second kappa shape index (κ2) is 7.80. The molecular formula is C19H31N7. The number of aromatic nitrogens is 5. The van der Waals surface area contributed by atoms with Crippen molar-refractivity contribution in [2.75, 3.05) is 26.2 Å². The van der Waals surface area contributed by atoms with E-state index in [-0.39, 0.29) is 11.6 Å². The van der Waals surface area contributed by atoms with Crippen LogP contribution in [0.25, 0.3) is 0 Å². The Kier molecular flexibility index (Phi) is 5.67. The SMILES string of the molecule is CC(C)[C@H](c1nnnn1C(C)(C)C)N1CCN(Cc2ccncc2)CC1. The zero-order valence-electron chi connectivity index (χ0n) is 16.6. The van der Waals surface area contributed by atoms with E-state index < -0.39 is 0 Å². The first kappa shape index (κ1) is 18.9. The molecule has 7 heteroatoms. The van der Waals surface area contributed by atoms with E-state index in [1.807, 2.05) is 17.1 Å². The second-order valence-electron chi connectivity index (χ2n) is 8.48. The van der Waals surface area contributed by atoms with Gasteiger partial charge >= 0.3 is 0 Å². The quantitative estimate of drug-likeness (QED) is 0.818. The smallest absolute Gasteiger partial charge is 0.169 e. The maximum absolute atomic E-state index is 4.41. The van der Waals surface area contributed by atoms with Crippen LogP contribution >= 0.6 is 0 Å². The summed E-state index contributed by atoms with van der Waals surface area (Å²) in [5.41, 5.74) is 1.21. The Morgan fingerprint density at radius 3 is 2.27 bits per heavy atom. The topological polar surface area (TPSA) is 63.0 Å². The highest BCUT2D eigenvalue weighted by atomic mass is 15.6. The largest absolute Gasteiger partial charge is 0.297 e. The summed E-state index contributed by atoms with van der Waals surface area (Å²) in [5, 5.41) is 12.7. The molecule has 1 aliphatic rings. The van der Waals surface area contributed by atoms with Gasteiger partial charge in [-0.2, -0.15) is 0 Å². The molecular weight excluding hydrogens is 326 g/mol. The summed E-state index contributed by atoms with van der Waals surface area (Å²) in [6.45, 7) is 16.1. The molecule has 0 aliphatic carbocycles. The Labute approximate surface area is 156 Å². The molecule has 0 unspecified atom stereocenters. The molecule has 0 bridgehead atoms. The third-order valence-corrected chi connectivity index (χ3v) is 4.98. The number of tetrazole rings is 1. The first-order valence-corrected chi connectivity index (χ1v) is 9.50. The standard InChI is InChI=1S/C19H31N7/c1-15(2)17(18-21-22-23-26(18)19(3,4)5)25-12-10-24(11-13-25)14-16-6-8-20-9-7-16/h6-9,15,17H,10-14H2,1-5H3/t17-/m1/s1. The highest BCUT2D eigenvalue weighted by molar-refractivity contribution is 5.09. The summed E-state index contributed by atoms with van der Waals surface area (Å²) >= 11 is 0. The first-order valence-electron chi connectivity index (χ1n) is 9.50. The van der Waals surface area contributed by atoms with Crippen LogP contribution in [0.15, 0.2) is 24.5 Å². The van der Waals surface area contributed by atoms with Crippen LogP contribution in [-0.4, -0.2) is 61.2 Å². The lowest BCUT2D eigenvalue weighted by atomic mass is 9.99. The van der Waals surface area contributed by atoms with Crippen LogP contribution in [0.1, 0.15) is 52.0 Å². The van der Waals surface area contributed by atoms with Crippen molar-refractivity contribution in [1.29, 1.82) is 0 Å². The van der Waals surface area contributed by atoms with Gasteiger partial charge in [-0.05, 0) is 54.8 Å². The van der Waals surface area contributed by atoms with E-state index in [1.165, 1.54) is 5.56 Å². The van der Waals surface area contributed by atoms with Crippen molar-refractivity contribution in [2.45, 2.75) is 52.7 Å². The van der Waals surface area contributed by atoms with Crippen LogP contribution in [-0.2, 0) is 12.1 Å². The predicted molar refractivity (Wildman–Crippen MR) is 101 cm³/mol. The van der Waals surface area contributed by atoms with E-state index in [0.717, 1.165) is 38.5 Å². The van der Waals surface area contributed by atoms with E-state index in [2.05, 4.69) is 77.1 Å². The average Bonchev–Trinajstić information content (AvgIpc) is 3.07. The Balaban J connectivity index is 1.69. The Morgan fingerprint density at radius 1 is 1.04 bits per heavy atom. The molecule has 7 nitrogen and oxygen atoms in total. The Bertz CT molecular complexity index is 681. The van der Waals surface area contributed by atoms with Gasteiger partial charge in [0.15, 0.2) is 5.82 Å². The fraction of sp³-hybridized carbons (Fsp3) is 0.684. The Hall–Kier alpha value is -1.86. The molecule has 2 aromatic rings. The van der Waals surface area contributed by atoms with E-state index >= 15 is 0 Å². The van der Waals surface area contributed by atoms with Crippen molar-refractivity contribution in [3.05, 3.63) is 35.9 Å².